The van der Waals surface area contributed by atoms with Crippen LogP contribution in [0.25, 0.3) is 0 Å². The van der Waals surface area contributed by atoms with E-state index in [1.165, 1.54) is 12.1 Å². The van der Waals surface area contributed by atoms with Gasteiger partial charge in [0.2, 0.25) is 5.91 Å². The summed E-state index contributed by atoms with van der Waals surface area (Å²) < 4.78 is 33.0. The minimum absolute atomic E-state index is 0.142. The van der Waals surface area contributed by atoms with Crippen LogP contribution in [0.4, 0.5) is 5.69 Å². The number of para-hydroxylation sites is 1. The van der Waals surface area contributed by atoms with Gasteiger partial charge in [-0.15, -0.1) is 0 Å². The Hall–Kier alpha value is -2.38. The standard InChI is InChI=1S/C21H28N2O4S/c1-17(2)27-15-9-14-22-21(24)16-23(20-13-8-7-10-18(20)3)28(25,26)19-11-5-4-6-12-19/h4-8,10-13,17H,9,14-16H2,1-3H3,(H,22,24). The average Bonchev–Trinajstić information content (AvgIpc) is 2.67. The molecule has 0 fully saturated rings. The highest BCUT2D eigenvalue weighted by atomic mass is 32.2. The second kappa shape index (κ2) is 10.2. The van der Waals surface area contributed by atoms with Crippen molar-refractivity contribution in [3.05, 3.63) is 60.2 Å². The number of benzene rings is 2. The van der Waals surface area contributed by atoms with E-state index in [-0.39, 0.29) is 23.5 Å². The van der Waals surface area contributed by atoms with Crippen molar-refractivity contribution >= 4 is 21.6 Å². The number of hydrogen-bond acceptors (Lipinski definition) is 4. The Morgan fingerprint density at radius 2 is 1.71 bits per heavy atom. The molecule has 2 aromatic rings. The maximum Gasteiger partial charge on any atom is 0.264 e. The molecule has 152 valence electrons. The van der Waals surface area contributed by atoms with E-state index in [4.69, 9.17) is 4.74 Å². The Morgan fingerprint density at radius 3 is 2.36 bits per heavy atom. The lowest BCUT2D eigenvalue weighted by Crippen LogP contribution is -2.41. The van der Waals surface area contributed by atoms with Crippen molar-refractivity contribution in [2.24, 2.45) is 0 Å². The minimum atomic E-state index is -3.87. The van der Waals surface area contributed by atoms with E-state index in [2.05, 4.69) is 5.32 Å². The summed E-state index contributed by atoms with van der Waals surface area (Å²) in [4.78, 5) is 12.6. The van der Waals surface area contributed by atoms with E-state index in [9.17, 15) is 13.2 Å². The molecular weight excluding hydrogens is 376 g/mol. The van der Waals surface area contributed by atoms with Gasteiger partial charge in [0, 0.05) is 13.2 Å². The lowest BCUT2D eigenvalue weighted by molar-refractivity contribution is -0.119. The first-order valence-corrected chi connectivity index (χ1v) is 10.8. The molecule has 0 atom stereocenters. The number of aryl methyl sites for hydroxylation is 1. The van der Waals surface area contributed by atoms with Gasteiger partial charge in [0.05, 0.1) is 16.7 Å². The van der Waals surface area contributed by atoms with Crippen LogP contribution in [0, 0.1) is 6.92 Å². The molecule has 1 amide bonds. The number of carbonyl (C=O) groups excluding carboxylic acids is 1. The van der Waals surface area contributed by atoms with Crippen molar-refractivity contribution in [1.29, 1.82) is 0 Å². The molecule has 0 aromatic heterocycles. The van der Waals surface area contributed by atoms with E-state index >= 15 is 0 Å². The number of nitrogens with one attached hydrogen (secondary N) is 1. The fraction of sp³-hybridized carbons (Fsp3) is 0.381. The lowest BCUT2D eigenvalue weighted by Gasteiger charge is -2.25. The Morgan fingerprint density at radius 1 is 1.07 bits per heavy atom. The molecule has 0 aliphatic carbocycles. The summed E-state index contributed by atoms with van der Waals surface area (Å²) in [5, 5.41) is 2.77. The normalized spacial score (nSPS) is 11.4. The van der Waals surface area contributed by atoms with Crippen LogP contribution in [0.15, 0.2) is 59.5 Å². The van der Waals surface area contributed by atoms with Crippen LogP contribution in [0.1, 0.15) is 25.8 Å². The monoisotopic (exact) mass is 404 g/mol. The molecule has 0 spiro atoms. The number of sulfonamides is 1. The second-order valence-electron chi connectivity index (χ2n) is 6.73. The molecule has 0 saturated carbocycles. The van der Waals surface area contributed by atoms with E-state index < -0.39 is 10.0 Å². The fourth-order valence-electron chi connectivity index (χ4n) is 2.67. The number of hydrogen-bond donors (Lipinski definition) is 1. The average molecular weight is 405 g/mol. The third kappa shape index (κ3) is 6.07. The van der Waals surface area contributed by atoms with Crippen molar-refractivity contribution in [1.82, 2.24) is 5.32 Å². The highest BCUT2D eigenvalue weighted by Crippen LogP contribution is 2.26. The molecule has 0 radical (unpaired) electrons. The van der Waals surface area contributed by atoms with Crippen LogP contribution in [-0.4, -0.2) is 40.1 Å². The zero-order chi connectivity index (χ0) is 20.6. The van der Waals surface area contributed by atoms with Crippen LogP contribution in [0.5, 0.6) is 0 Å². The first-order chi connectivity index (χ1) is 13.3. The molecule has 2 rings (SSSR count). The Kier molecular flexibility index (Phi) is 8.02. The predicted octanol–water partition coefficient (Wildman–Crippen LogP) is 3.12. The van der Waals surface area contributed by atoms with Crippen LogP contribution < -0.4 is 9.62 Å². The fourth-order valence-corrected chi connectivity index (χ4v) is 4.17. The molecule has 0 saturated heterocycles. The van der Waals surface area contributed by atoms with Crippen molar-refractivity contribution in [2.45, 2.75) is 38.2 Å². The van der Waals surface area contributed by atoms with Gasteiger partial charge in [-0.3, -0.25) is 9.10 Å². The number of nitrogens with zero attached hydrogens (tertiary/aromatic N) is 1. The number of carbonyl (C=O) groups is 1. The highest BCUT2D eigenvalue weighted by Gasteiger charge is 2.27. The SMILES string of the molecule is Cc1ccccc1N(CC(=O)NCCCOC(C)C)S(=O)(=O)c1ccccc1. The molecule has 6 nitrogen and oxygen atoms in total. The van der Waals surface area contributed by atoms with E-state index in [0.29, 0.717) is 25.3 Å². The lowest BCUT2D eigenvalue weighted by atomic mass is 10.2. The molecule has 0 aliphatic rings. The van der Waals surface area contributed by atoms with Gasteiger partial charge in [-0.2, -0.15) is 0 Å². The first-order valence-electron chi connectivity index (χ1n) is 9.34. The van der Waals surface area contributed by atoms with Gasteiger partial charge in [-0.25, -0.2) is 8.42 Å². The molecule has 1 N–H and O–H groups in total. The molecular formula is C21H28N2O4S. The van der Waals surface area contributed by atoms with Crippen molar-refractivity contribution in [3.63, 3.8) is 0 Å². The quantitative estimate of drug-likeness (QED) is 0.618. The molecule has 0 bridgehead atoms. The van der Waals surface area contributed by atoms with Gasteiger partial charge in [0.15, 0.2) is 0 Å². The van der Waals surface area contributed by atoms with Gasteiger partial charge in [0.25, 0.3) is 10.0 Å². The summed E-state index contributed by atoms with van der Waals surface area (Å²) in [6.45, 7) is 6.41. The maximum atomic E-state index is 13.2. The van der Waals surface area contributed by atoms with Crippen molar-refractivity contribution in [2.75, 3.05) is 24.0 Å². The minimum Gasteiger partial charge on any atom is -0.379 e. The van der Waals surface area contributed by atoms with Crippen molar-refractivity contribution < 1.29 is 17.9 Å². The predicted molar refractivity (Wildman–Crippen MR) is 111 cm³/mol. The zero-order valence-electron chi connectivity index (χ0n) is 16.6. The molecule has 2 aromatic carbocycles. The summed E-state index contributed by atoms with van der Waals surface area (Å²) in [5.41, 5.74) is 1.27. The van der Waals surface area contributed by atoms with Gasteiger partial charge in [0.1, 0.15) is 6.54 Å². The van der Waals surface area contributed by atoms with Crippen molar-refractivity contribution in [3.8, 4) is 0 Å². The number of ether oxygens (including phenoxy) is 1. The summed E-state index contributed by atoms with van der Waals surface area (Å²) >= 11 is 0. The zero-order valence-corrected chi connectivity index (χ0v) is 17.4. The molecule has 7 heteroatoms. The number of rotatable bonds is 10. The topological polar surface area (TPSA) is 75.7 Å². The molecule has 0 aliphatic heterocycles. The maximum absolute atomic E-state index is 13.2. The van der Waals surface area contributed by atoms with E-state index in [1.54, 1.807) is 30.3 Å². The first kappa shape index (κ1) is 21.9. The largest absolute Gasteiger partial charge is 0.379 e. The van der Waals surface area contributed by atoms with Gasteiger partial charge < -0.3 is 10.1 Å². The summed E-state index contributed by atoms with van der Waals surface area (Å²) in [5.74, 6) is -0.354. The van der Waals surface area contributed by atoms with Crippen LogP contribution in [-0.2, 0) is 19.6 Å². The summed E-state index contributed by atoms with van der Waals surface area (Å²) in [7, 11) is -3.87. The van der Waals surface area contributed by atoms with E-state index in [0.717, 1.165) is 9.87 Å². The molecule has 0 unspecified atom stereocenters. The van der Waals surface area contributed by atoms with Gasteiger partial charge in [-0.05, 0) is 51.0 Å². The van der Waals surface area contributed by atoms with Gasteiger partial charge in [-0.1, -0.05) is 36.4 Å². The third-order valence-corrected chi connectivity index (χ3v) is 5.87. The van der Waals surface area contributed by atoms with E-state index in [1.807, 2.05) is 32.9 Å². The molecule has 28 heavy (non-hydrogen) atoms. The third-order valence-electron chi connectivity index (χ3n) is 4.10. The Bertz CT molecular complexity index is 867. The van der Waals surface area contributed by atoms with Crippen LogP contribution in [0.3, 0.4) is 0 Å². The highest BCUT2D eigenvalue weighted by molar-refractivity contribution is 7.92. The van der Waals surface area contributed by atoms with Crippen LogP contribution in [0.2, 0.25) is 0 Å². The van der Waals surface area contributed by atoms with Gasteiger partial charge >= 0.3 is 0 Å². The smallest absolute Gasteiger partial charge is 0.264 e. The second-order valence-corrected chi connectivity index (χ2v) is 8.60. The number of anilines is 1. The Labute approximate surface area is 167 Å². The van der Waals surface area contributed by atoms with Crippen LogP contribution >= 0.6 is 0 Å². The number of amides is 1. The molecule has 0 heterocycles. The summed E-state index contributed by atoms with van der Waals surface area (Å²) in [6, 6.07) is 15.3. The summed E-state index contributed by atoms with van der Waals surface area (Å²) in [6.07, 6.45) is 0.808. The Balaban J connectivity index is 2.16.